The topological polar surface area (TPSA) is 68.2 Å². The molecule has 0 atom stereocenters. The van der Waals surface area contributed by atoms with Gasteiger partial charge in [0, 0.05) is 0 Å². The average molecular weight is 304 g/mol. The predicted octanol–water partition coefficient (Wildman–Crippen LogP) is 2.12. The highest BCUT2D eigenvalue weighted by Crippen LogP contribution is 2.22. The summed E-state index contributed by atoms with van der Waals surface area (Å²) in [6, 6.07) is 6.92. The molecule has 0 radical (unpaired) electrons. The summed E-state index contributed by atoms with van der Waals surface area (Å²) in [6.45, 7) is 3.00. The summed E-state index contributed by atoms with van der Waals surface area (Å²) in [6.07, 6.45) is 3.17. The Balaban J connectivity index is 1.47. The molecule has 0 aliphatic carbocycles. The molecule has 118 valence electrons. The van der Waals surface area contributed by atoms with E-state index in [2.05, 4.69) is 15.0 Å². The molecule has 0 unspecified atom stereocenters. The lowest BCUT2D eigenvalue weighted by Gasteiger charge is -2.31. The van der Waals surface area contributed by atoms with Gasteiger partial charge in [0.2, 0.25) is 5.89 Å². The van der Waals surface area contributed by atoms with Crippen molar-refractivity contribution in [2.24, 2.45) is 11.7 Å². The van der Waals surface area contributed by atoms with Crippen molar-refractivity contribution >= 4 is 0 Å². The van der Waals surface area contributed by atoms with Gasteiger partial charge in [-0.15, -0.1) is 0 Å². The van der Waals surface area contributed by atoms with Gasteiger partial charge in [0.25, 0.3) is 0 Å². The fraction of sp³-hybridized carbons (Fsp3) is 0.500. The summed E-state index contributed by atoms with van der Waals surface area (Å²) < 4.78 is 18.2. The minimum absolute atomic E-state index is 0.150. The molecule has 3 rings (SSSR count). The molecule has 1 aliphatic rings. The highest BCUT2D eigenvalue weighted by molar-refractivity contribution is 5.17. The zero-order chi connectivity index (χ0) is 15.4. The molecule has 2 N–H and O–H groups in total. The summed E-state index contributed by atoms with van der Waals surface area (Å²) in [4.78, 5) is 6.56. The molecule has 0 amide bonds. The predicted molar refractivity (Wildman–Crippen MR) is 80.3 cm³/mol. The molecular formula is C16H21FN4O. The van der Waals surface area contributed by atoms with Crippen molar-refractivity contribution in [2.75, 3.05) is 13.1 Å². The van der Waals surface area contributed by atoms with E-state index in [1.54, 1.807) is 12.1 Å². The van der Waals surface area contributed by atoms with Crippen LogP contribution in [0.15, 0.2) is 28.8 Å². The molecule has 1 fully saturated rings. The van der Waals surface area contributed by atoms with E-state index in [0.29, 0.717) is 24.2 Å². The Hall–Kier alpha value is -1.79. The first-order valence-corrected chi connectivity index (χ1v) is 7.71. The molecule has 1 aromatic heterocycles. The van der Waals surface area contributed by atoms with E-state index in [0.717, 1.165) is 37.9 Å². The lowest BCUT2D eigenvalue weighted by molar-refractivity contribution is 0.172. The third-order valence-electron chi connectivity index (χ3n) is 4.17. The maximum atomic E-state index is 13.2. The van der Waals surface area contributed by atoms with Crippen LogP contribution in [0.25, 0.3) is 0 Å². The second-order valence-corrected chi connectivity index (χ2v) is 5.86. The van der Waals surface area contributed by atoms with E-state index in [4.69, 9.17) is 10.3 Å². The second kappa shape index (κ2) is 6.98. The minimum Gasteiger partial charge on any atom is -0.338 e. The first-order chi connectivity index (χ1) is 10.7. The Morgan fingerprint density at radius 1 is 1.32 bits per heavy atom. The van der Waals surface area contributed by atoms with E-state index < -0.39 is 0 Å². The van der Waals surface area contributed by atoms with Crippen molar-refractivity contribution < 1.29 is 8.91 Å². The number of aromatic nitrogens is 2. The molecule has 0 saturated carbocycles. The highest BCUT2D eigenvalue weighted by atomic mass is 19.1. The van der Waals surface area contributed by atoms with Crippen LogP contribution in [0.3, 0.4) is 0 Å². The average Bonchev–Trinajstić information content (AvgIpc) is 2.97. The van der Waals surface area contributed by atoms with Crippen molar-refractivity contribution in [3.8, 4) is 0 Å². The summed E-state index contributed by atoms with van der Waals surface area (Å²) >= 11 is 0. The van der Waals surface area contributed by atoms with Crippen molar-refractivity contribution in [2.45, 2.75) is 32.4 Å². The van der Waals surface area contributed by atoms with E-state index >= 15 is 0 Å². The van der Waals surface area contributed by atoms with Crippen LogP contribution in [-0.2, 0) is 19.5 Å². The monoisotopic (exact) mass is 304 g/mol. The Bertz CT molecular complexity index is 608. The van der Waals surface area contributed by atoms with Gasteiger partial charge in [0.05, 0.1) is 13.1 Å². The number of likely N-dealkylation sites (tertiary alicyclic amines) is 1. The van der Waals surface area contributed by atoms with Crippen LogP contribution in [-0.4, -0.2) is 28.1 Å². The number of rotatable bonds is 5. The molecule has 22 heavy (non-hydrogen) atoms. The number of hydrogen-bond acceptors (Lipinski definition) is 5. The van der Waals surface area contributed by atoms with Crippen LogP contribution in [0.5, 0.6) is 0 Å². The fourth-order valence-electron chi connectivity index (χ4n) is 2.98. The molecule has 5 nitrogen and oxygen atoms in total. The van der Waals surface area contributed by atoms with Gasteiger partial charge in [-0.1, -0.05) is 17.3 Å². The van der Waals surface area contributed by atoms with Crippen LogP contribution in [0.1, 0.15) is 30.1 Å². The lowest BCUT2D eigenvalue weighted by Crippen LogP contribution is -2.34. The van der Waals surface area contributed by atoms with Crippen molar-refractivity contribution in [1.82, 2.24) is 15.0 Å². The molecule has 6 heteroatoms. The highest BCUT2D eigenvalue weighted by Gasteiger charge is 2.21. The zero-order valence-corrected chi connectivity index (χ0v) is 12.5. The van der Waals surface area contributed by atoms with Crippen LogP contribution in [0.2, 0.25) is 0 Å². The van der Waals surface area contributed by atoms with Crippen LogP contribution in [0, 0.1) is 11.7 Å². The van der Waals surface area contributed by atoms with Gasteiger partial charge in [0.15, 0.2) is 5.82 Å². The van der Waals surface area contributed by atoms with Crippen LogP contribution in [0.4, 0.5) is 4.39 Å². The fourth-order valence-corrected chi connectivity index (χ4v) is 2.98. The number of benzene rings is 1. The second-order valence-electron chi connectivity index (χ2n) is 5.86. The van der Waals surface area contributed by atoms with E-state index in [9.17, 15) is 4.39 Å². The van der Waals surface area contributed by atoms with Gasteiger partial charge in [-0.3, -0.25) is 4.90 Å². The van der Waals surface area contributed by atoms with Crippen LogP contribution >= 0.6 is 0 Å². The van der Waals surface area contributed by atoms with E-state index in [1.165, 1.54) is 6.07 Å². The third-order valence-corrected chi connectivity index (χ3v) is 4.17. The third kappa shape index (κ3) is 3.90. The lowest BCUT2D eigenvalue weighted by atomic mass is 9.90. The molecule has 1 aromatic carbocycles. The number of halogens is 1. The normalized spacial score (nSPS) is 17.0. The molecule has 0 spiro atoms. The van der Waals surface area contributed by atoms with E-state index in [-0.39, 0.29) is 12.4 Å². The maximum Gasteiger partial charge on any atom is 0.240 e. The van der Waals surface area contributed by atoms with Gasteiger partial charge in [-0.05, 0) is 56.0 Å². The number of hydrogen-bond donors (Lipinski definition) is 1. The van der Waals surface area contributed by atoms with Crippen molar-refractivity contribution in [1.29, 1.82) is 0 Å². The van der Waals surface area contributed by atoms with Gasteiger partial charge in [0.1, 0.15) is 5.82 Å². The molecule has 1 aliphatic heterocycles. The van der Waals surface area contributed by atoms with Gasteiger partial charge in [-0.2, -0.15) is 4.98 Å². The van der Waals surface area contributed by atoms with Crippen molar-refractivity contribution in [3.63, 3.8) is 0 Å². The number of nitrogens with two attached hydrogens (primary N) is 1. The summed E-state index contributed by atoms with van der Waals surface area (Å²) in [5, 5.41) is 3.93. The molecule has 0 bridgehead atoms. The SMILES string of the molecule is NCc1nc(CN2CCC(Cc3cccc(F)c3)CC2)no1. The Morgan fingerprint density at radius 3 is 2.82 bits per heavy atom. The molecule has 2 aromatic rings. The largest absolute Gasteiger partial charge is 0.338 e. The van der Waals surface area contributed by atoms with Gasteiger partial charge < -0.3 is 10.3 Å². The molecule has 1 saturated heterocycles. The molecular weight excluding hydrogens is 283 g/mol. The summed E-state index contributed by atoms with van der Waals surface area (Å²) in [5.41, 5.74) is 6.55. The Kier molecular flexibility index (Phi) is 4.80. The van der Waals surface area contributed by atoms with E-state index in [1.807, 2.05) is 6.07 Å². The quantitative estimate of drug-likeness (QED) is 0.916. The summed E-state index contributed by atoms with van der Waals surface area (Å²) in [5.74, 6) is 1.64. The Labute approximate surface area is 129 Å². The van der Waals surface area contributed by atoms with Crippen LogP contribution < -0.4 is 5.73 Å². The Morgan fingerprint density at radius 2 is 2.14 bits per heavy atom. The molecule has 2 heterocycles. The van der Waals surface area contributed by atoms with Gasteiger partial charge in [-0.25, -0.2) is 4.39 Å². The zero-order valence-electron chi connectivity index (χ0n) is 12.5. The summed E-state index contributed by atoms with van der Waals surface area (Å²) in [7, 11) is 0. The smallest absolute Gasteiger partial charge is 0.240 e. The van der Waals surface area contributed by atoms with Gasteiger partial charge >= 0.3 is 0 Å². The maximum absolute atomic E-state index is 13.2. The number of piperidine rings is 1. The van der Waals surface area contributed by atoms with Crippen molar-refractivity contribution in [3.05, 3.63) is 47.4 Å². The minimum atomic E-state index is -0.150. The first-order valence-electron chi connectivity index (χ1n) is 7.71. The number of nitrogens with zero attached hydrogens (tertiary/aromatic N) is 3. The standard InChI is InChI=1S/C16H21FN4O/c17-14-3-1-2-13(9-14)8-12-4-6-21(7-5-12)11-15-19-16(10-18)22-20-15/h1-3,9,12H,4-8,10-11,18H2. The first kappa shape index (κ1) is 15.1.